The zero-order chi connectivity index (χ0) is 24.2. The normalized spacial score (nSPS) is 10.7. The number of hydrogen-bond acceptors (Lipinski definition) is 6. The number of nitrogens with zero attached hydrogens (tertiary/aromatic N) is 2. The molecule has 0 bridgehead atoms. The Morgan fingerprint density at radius 3 is 2.30 bits per heavy atom. The van der Waals surface area contributed by atoms with Crippen molar-refractivity contribution in [2.75, 3.05) is 47.6 Å². The third-order valence-electron chi connectivity index (χ3n) is 5.37. The fourth-order valence-electron chi connectivity index (χ4n) is 3.53. The highest BCUT2D eigenvalue weighted by Gasteiger charge is 2.21. The van der Waals surface area contributed by atoms with E-state index >= 15 is 0 Å². The van der Waals surface area contributed by atoms with Gasteiger partial charge in [-0.2, -0.15) is 0 Å². The van der Waals surface area contributed by atoms with Crippen LogP contribution in [0, 0.1) is 6.92 Å². The van der Waals surface area contributed by atoms with Crippen LogP contribution >= 0.6 is 0 Å². The minimum atomic E-state index is -0.122. The smallest absolute Gasteiger partial charge is 0.242 e. The van der Waals surface area contributed by atoms with Crippen molar-refractivity contribution in [2.24, 2.45) is 0 Å². The Labute approximate surface area is 196 Å². The molecule has 0 radical (unpaired) electrons. The minimum absolute atomic E-state index is 0.0298. The molecule has 182 valence electrons. The number of carbonyl (C=O) groups excluding carboxylic acids is 2. The molecule has 1 aromatic heterocycles. The van der Waals surface area contributed by atoms with Crippen LogP contribution in [0.5, 0.6) is 11.5 Å². The van der Waals surface area contributed by atoms with Crippen molar-refractivity contribution in [1.29, 1.82) is 0 Å². The van der Waals surface area contributed by atoms with Gasteiger partial charge in [-0.15, -0.1) is 0 Å². The summed E-state index contributed by atoms with van der Waals surface area (Å²) in [6.07, 6.45) is 1.65. The second-order valence-electron chi connectivity index (χ2n) is 7.78. The van der Waals surface area contributed by atoms with Crippen LogP contribution in [-0.4, -0.2) is 69.2 Å². The highest BCUT2D eigenvalue weighted by molar-refractivity contribution is 5.84. The fourth-order valence-corrected chi connectivity index (χ4v) is 3.53. The van der Waals surface area contributed by atoms with Gasteiger partial charge in [-0.3, -0.25) is 9.59 Å². The van der Waals surface area contributed by atoms with Crippen molar-refractivity contribution in [2.45, 2.75) is 39.7 Å². The summed E-state index contributed by atoms with van der Waals surface area (Å²) < 4.78 is 21.5. The first-order valence-corrected chi connectivity index (χ1v) is 11.2. The van der Waals surface area contributed by atoms with E-state index < -0.39 is 0 Å². The molecule has 0 fully saturated rings. The van der Waals surface area contributed by atoms with E-state index in [0.29, 0.717) is 62.8 Å². The van der Waals surface area contributed by atoms with Crippen LogP contribution in [0.1, 0.15) is 36.8 Å². The van der Waals surface area contributed by atoms with Gasteiger partial charge in [0.15, 0.2) is 11.5 Å². The molecule has 0 unspecified atom stereocenters. The summed E-state index contributed by atoms with van der Waals surface area (Å²) in [6, 6.07) is 9.48. The van der Waals surface area contributed by atoms with E-state index in [-0.39, 0.29) is 18.4 Å². The summed E-state index contributed by atoms with van der Waals surface area (Å²) in [7, 11) is 4.82. The van der Waals surface area contributed by atoms with Gasteiger partial charge in [0.1, 0.15) is 11.5 Å². The first-order chi connectivity index (χ1) is 15.9. The van der Waals surface area contributed by atoms with E-state index in [1.165, 1.54) is 0 Å². The van der Waals surface area contributed by atoms with Crippen molar-refractivity contribution in [3.8, 4) is 11.5 Å². The molecule has 2 rings (SSSR count). The molecule has 0 aliphatic rings. The number of aryl methyl sites for hydroxylation is 1. The van der Waals surface area contributed by atoms with Crippen LogP contribution < -0.4 is 9.47 Å². The van der Waals surface area contributed by atoms with Gasteiger partial charge in [-0.05, 0) is 49.6 Å². The predicted octanol–water partition coefficient (Wildman–Crippen LogP) is 3.45. The van der Waals surface area contributed by atoms with Crippen molar-refractivity contribution in [1.82, 2.24) is 9.80 Å². The average Bonchev–Trinajstić information content (AvgIpc) is 3.24. The van der Waals surface area contributed by atoms with Gasteiger partial charge in [-0.1, -0.05) is 13.0 Å². The van der Waals surface area contributed by atoms with Crippen LogP contribution in [0.4, 0.5) is 0 Å². The Hall–Kier alpha value is -3.00. The summed E-state index contributed by atoms with van der Waals surface area (Å²) >= 11 is 0. The maximum atomic E-state index is 13.3. The molecule has 1 aromatic carbocycles. The van der Waals surface area contributed by atoms with E-state index in [1.54, 1.807) is 38.1 Å². The highest BCUT2D eigenvalue weighted by atomic mass is 16.5. The number of benzene rings is 1. The standard InChI is InChI=1S/C25H36N2O6/c1-6-24(28)26(13-7-15-30-3)18-25(29)27(17-21-10-8-19(2)33-21)14-12-20-9-11-22(31-4)23(16-20)32-5/h8-11,16H,6-7,12-15,17-18H2,1-5H3. The molecule has 0 saturated heterocycles. The van der Waals surface area contributed by atoms with Crippen LogP contribution in [0.3, 0.4) is 0 Å². The Morgan fingerprint density at radius 2 is 1.70 bits per heavy atom. The molecule has 0 aliphatic carbocycles. The molecule has 0 atom stereocenters. The summed E-state index contributed by atoms with van der Waals surface area (Å²) in [5, 5.41) is 0. The zero-order valence-corrected chi connectivity index (χ0v) is 20.4. The zero-order valence-electron chi connectivity index (χ0n) is 20.4. The molecule has 8 heteroatoms. The van der Waals surface area contributed by atoms with Crippen molar-refractivity contribution < 1.29 is 28.2 Å². The molecule has 0 spiro atoms. The summed E-state index contributed by atoms with van der Waals surface area (Å²) in [6.45, 7) is 5.54. The first kappa shape index (κ1) is 26.3. The maximum Gasteiger partial charge on any atom is 0.242 e. The highest BCUT2D eigenvalue weighted by Crippen LogP contribution is 2.27. The van der Waals surface area contributed by atoms with Crippen LogP contribution in [0.2, 0.25) is 0 Å². The number of methoxy groups -OCH3 is 3. The second kappa shape index (κ2) is 13.5. The number of ether oxygens (including phenoxy) is 3. The van der Waals surface area contributed by atoms with Gasteiger partial charge in [0.2, 0.25) is 11.8 Å². The van der Waals surface area contributed by atoms with Crippen LogP contribution in [0.25, 0.3) is 0 Å². The lowest BCUT2D eigenvalue weighted by atomic mass is 10.1. The quantitative estimate of drug-likeness (QED) is 0.402. The summed E-state index contributed by atoms with van der Waals surface area (Å²) in [4.78, 5) is 29.0. The van der Waals surface area contributed by atoms with Crippen molar-refractivity contribution >= 4 is 11.8 Å². The van der Waals surface area contributed by atoms with E-state index in [0.717, 1.165) is 11.3 Å². The number of carbonyl (C=O) groups is 2. The Kier molecular flexibility index (Phi) is 10.8. The molecule has 33 heavy (non-hydrogen) atoms. The van der Waals surface area contributed by atoms with Gasteiger partial charge < -0.3 is 28.4 Å². The van der Waals surface area contributed by atoms with Crippen molar-refractivity contribution in [3.63, 3.8) is 0 Å². The molecule has 1 heterocycles. The topological polar surface area (TPSA) is 81.5 Å². The van der Waals surface area contributed by atoms with Gasteiger partial charge in [-0.25, -0.2) is 0 Å². The van der Waals surface area contributed by atoms with Gasteiger partial charge in [0.05, 0.1) is 27.3 Å². The van der Waals surface area contributed by atoms with Gasteiger partial charge in [0, 0.05) is 33.2 Å². The largest absolute Gasteiger partial charge is 0.493 e. The minimum Gasteiger partial charge on any atom is -0.493 e. The lowest BCUT2D eigenvalue weighted by molar-refractivity contribution is -0.141. The van der Waals surface area contributed by atoms with E-state index in [4.69, 9.17) is 18.6 Å². The van der Waals surface area contributed by atoms with Crippen molar-refractivity contribution in [3.05, 3.63) is 47.4 Å². The number of rotatable bonds is 14. The maximum absolute atomic E-state index is 13.3. The molecule has 2 amide bonds. The monoisotopic (exact) mass is 460 g/mol. The SMILES string of the molecule is CCC(=O)N(CCCOC)CC(=O)N(CCc1ccc(OC)c(OC)c1)Cc1ccc(C)o1. The van der Waals surface area contributed by atoms with Crippen LogP contribution in [-0.2, 0) is 27.3 Å². The van der Waals surface area contributed by atoms with E-state index in [9.17, 15) is 9.59 Å². The molecule has 0 N–H and O–H groups in total. The molecular formula is C25H36N2O6. The lowest BCUT2D eigenvalue weighted by Crippen LogP contribution is -2.43. The predicted molar refractivity (Wildman–Crippen MR) is 125 cm³/mol. The Bertz CT molecular complexity index is 895. The average molecular weight is 461 g/mol. The van der Waals surface area contributed by atoms with E-state index in [1.807, 2.05) is 37.3 Å². The molecule has 0 saturated carbocycles. The fraction of sp³-hybridized carbons (Fsp3) is 0.520. The number of hydrogen-bond donors (Lipinski definition) is 0. The van der Waals surface area contributed by atoms with Gasteiger partial charge >= 0.3 is 0 Å². The molecule has 8 nitrogen and oxygen atoms in total. The summed E-state index contributed by atoms with van der Waals surface area (Å²) in [5.74, 6) is 2.63. The summed E-state index contributed by atoms with van der Waals surface area (Å²) in [5.41, 5.74) is 1.02. The third-order valence-corrected chi connectivity index (χ3v) is 5.37. The van der Waals surface area contributed by atoms with E-state index in [2.05, 4.69) is 0 Å². The number of furan rings is 1. The first-order valence-electron chi connectivity index (χ1n) is 11.2. The molecule has 2 aromatic rings. The Balaban J connectivity index is 2.14. The molecular weight excluding hydrogens is 424 g/mol. The number of amides is 2. The lowest BCUT2D eigenvalue weighted by Gasteiger charge is -2.27. The second-order valence-corrected chi connectivity index (χ2v) is 7.78. The van der Waals surface area contributed by atoms with Gasteiger partial charge in [0.25, 0.3) is 0 Å². The third kappa shape index (κ3) is 8.13. The Morgan fingerprint density at radius 1 is 0.939 bits per heavy atom. The molecule has 0 aliphatic heterocycles. The van der Waals surface area contributed by atoms with Crippen LogP contribution in [0.15, 0.2) is 34.7 Å².